The highest BCUT2D eigenvalue weighted by atomic mass is 16.5. The smallest absolute Gasteiger partial charge is 0.223 e. The van der Waals surface area contributed by atoms with Crippen LogP contribution in [0.3, 0.4) is 0 Å². The number of fused-ring (bicyclic) bond motifs is 2. The Morgan fingerprint density at radius 1 is 1.10 bits per heavy atom. The standard InChI is InChI=1S/C28H32N8O3.H2/c1-2-21(37)6-7-26(38)34-10-8-33(9-11-34)18-20-16-25-28(35-12-14-39-15-13-35)30-27(32-36(25)19-20)22-4-3-5-24-23(22)17-29-31-24;/h2-5,16-17,19H,1,6-15,18H2,(H,29,31);1H. The van der Waals surface area contributed by atoms with Gasteiger partial charge in [0.2, 0.25) is 5.91 Å². The SMILES string of the molecule is C=CC(=O)CCC(=O)N1CCN(Cc2cc3c(N4CCOCC4)nc(-c4cccc5[nH]ncc45)nn3c2)CC1.[HH]. The molecule has 204 valence electrons. The fourth-order valence-electron chi connectivity index (χ4n) is 5.31. The second-order valence-electron chi connectivity index (χ2n) is 10.0. The van der Waals surface area contributed by atoms with E-state index in [2.05, 4.69) is 38.8 Å². The van der Waals surface area contributed by atoms with E-state index in [4.69, 9.17) is 14.8 Å². The lowest BCUT2D eigenvalue weighted by molar-refractivity contribution is -0.134. The van der Waals surface area contributed by atoms with Gasteiger partial charge in [0.1, 0.15) is 5.52 Å². The van der Waals surface area contributed by atoms with Crippen LogP contribution in [-0.4, -0.2) is 98.8 Å². The summed E-state index contributed by atoms with van der Waals surface area (Å²) < 4.78 is 7.54. The van der Waals surface area contributed by atoms with Crippen molar-refractivity contribution in [3.8, 4) is 11.4 Å². The number of nitrogens with zero attached hydrogens (tertiary/aromatic N) is 7. The lowest BCUT2D eigenvalue weighted by Gasteiger charge is -2.34. The molecule has 1 N–H and O–H groups in total. The Bertz CT molecular complexity index is 1520. The number of H-pyrrole nitrogens is 1. The van der Waals surface area contributed by atoms with E-state index in [1.807, 2.05) is 33.8 Å². The fourth-order valence-corrected chi connectivity index (χ4v) is 5.31. The number of benzene rings is 1. The number of carbonyl (C=O) groups excluding carboxylic acids is 2. The number of morpholine rings is 1. The minimum atomic E-state index is -0.0908. The topological polar surface area (TPSA) is 112 Å². The van der Waals surface area contributed by atoms with Crippen LogP contribution in [0.25, 0.3) is 27.8 Å². The van der Waals surface area contributed by atoms with E-state index in [0.717, 1.165) is 66.1 Å². The first-order valence-corrected chi connectivity index (χ1v) is 13.4. The molecule has 4 aromatic rings. The van der Waals surface area contributed by atoms with Crippen LogP contribution in [-0.2, 0) is 20.9 Å². The number of aromatic amines is 1. The van der Waals surface area contributed by atoms with Gasteiger partial charge in [-0.2, -0.15) is 5.10 Å². The molecule has 0 radical (unpaired) electrons. The number of hydrogen-bond acceptors (Lipinski definition) is 8. The number of nitrogens with one attached hydrogen (secondary N) is 1. The van der Waals surface area contributed by atoms with Gasteiger partial charge in [-0.25, -0.2) is 9.50 Å². The van der Waals surface area contributed by atoms with E-state index in [9.17, 15) is 9.59 Å². The number of anilines is 1. The van der Waals surface area contributed by atoms with Crippen LogP contribution >= 0.6 is 0 Å². The Hall–Kier alpha value is -4.09. The van der Waals surface area contributed by atoms with Crippen LogP contribution < -0.4 is 4.90 Å². The maximum atomic E-state index is 12.5. The molecule has 3 aromatic heterocycles. The molecule has 6 rings (SSSR count). The van der Waals surface area contributed by atoms with Gasteiger partial charge in [-0.1, -0.05) is 18.7 Å². The van der Waals surface area contributed by atoms with Gasteiger partial charge in [0.15, 0.2) is 17.4 Å². The molecule has 0 spiro atoms. The first kappa shape index (κ1) is 25.2. The lowest BCUT2D eigenvalue weighted by Crippen LogP contribution is -2.48. The summed E-state index contributed by atoms with van der Waals surface area (Å²) in [5.41, 5.74) is 4.00. The highest BCUT2D eigenvalue weighted by molar-refractivity contribution is 5.93. The molecule has 2 saturated heterocycles. The Morgan fingerprint density at radius 2 is 1.92 bits per heavy atom. The van der Waals surface area contributed by atoms with Crippen LogP contribution in [0.15, 0.2) is 49.3 Å². The number of carbonyl (C=O) groups is 2. The summed E-state index contributed by atoms with van der Waals surface area (Å²) in [5.74, 6) is 1.50. The first-order chi connectivity index (χ1) is 19.1. The van der Waals surface area contributed by atoms with Crippen molar-refractivity contribution >= 4 is 33.9 Å². The molecule has 0 unspecified atom stereocenters. The van der Waals surface area contributed by atoms with Crippen LogP contribution in [0, 0.1) is 0 Å². The Balaban J connectivity index is 0.00000323. The van der Waals surface area contributed by atoms with Gasteiger partial charge >= 0.3 is 0 Å². The average molecular weight is 531 g/mol. The molecule has 1 amide bonds. The molecule has 11 nitrogen and oxygen atoms in total. The van der Waals surface area contributed by atoms with Gasteiger partial charge < -0.3 is 14.5 Å². The van der Waals surface area contributed by atoms with Crippen molar-refractivity contribution < 1.29 is 15.8 Å². The average Bonchev–Trinajstić information content (AvgIpc) is 3.62. The molecule has 39 heavy (non-hydrogen) atoms. The van der Waals surface area contributed by atoms with Crippen LogP contribution in [0.1, 0.15) is 19.8 Å². The van der Waals surface area contributed by atoms with Crippen molar-refractivity contribution in [1.82, 2.24) is 34.6 Å². The quantitative estimate of drug-likeness (QED) is 0.346. The van der Waals surface area contributed by atoms with Gasteiger partial charge in [0.25, 0.3) is 0 Å². The number of allylic oxidation sites excluding steroid dienone is 1. The molecule has 5 heterocycles. The third-order valence-electron chi connectivity index (χ3n) is 7.48. The maximum Gasteiger partial charge on any atom is 0.223 e. The summed E-state index contributed by atoms with van der Waals surface area (Å²) in [6, 6.07) is 8.18. The van der Waals surface area contributed by atoms with E-state index in [0.29, 0.717) is 32.1 Å². The van der Waals surface area contributed by atoms with Crippen LogP contribution in [0.5, 0.6) is 0 Å². The number of ketones is 1. The third kappa shape index (κ3) is 5.27. The number of amides is 1. The Morgan fingerprint density at radius 3 is 2.72 bits per heavy atom. The van der Waals surface area contributed by atoms with E-state index >= 15 is 0 Å². The van der Waals surface area contributed by atoms with Gasteiger partial charge in [-0.05, 0) is 23.8 Å². The third-order valence-corrected chi connectivity index (χ3v) is 7.48. The van der Waals surface area contributed by atoms with Crippen molar-refractivity contribution in [2.24, 2.45) is 0 Å². The second kappa shape index (κ2) is 11.0. The summed E-state index contributed by atoms with van der Waals surface area (Å²) in [4.78, 5) is 35.5. The number of ether oxygens (including phenoxy) is 1. The molecule has 0 atom stereocenters. The summed E-state index contributed by atoms with van der Waals surface area (Å²) in [7, 11) is 0. The van der Waals surface area contributed by atoms with E-state index in [1.165, 1.54) is 6.08 Å². The molecular formula is C28H34N8O3. The van der Waals surface area contributed by atoms with Crippen molar-refractivity contribution in [3.05, 3.63) is 54.9 Å². The monoisotopic (exact) mass is 530 g/mol. The minimum absolute atomic E-state index is 0. The van der Waals surface area contributed by atoms with Crippen molar-refractivity contribution in [1.29, 1.82) is 0 Å². The van der Waals surface area contributed by atoms with Gasteiger partial charge in [-0.3, -0.25) is 19.6 Å². The van der Waals surface area contributed by atoms with Crippen LogP contribution in [0.2, 0.25) is 0 Å². The normalized spacial score (nSPS) is 16.7. The zero-order chi connectivity index (χ0) is 26.8. The van der Waals surface area contributed by atoms with Crippen molar-refractivity contribution in [2.45, 2.75) is 19.4 Å². The Kier molecular flexibility index (Phi) is 7.08. The molecular weight excluding hydrogens is 496 g/mol. The molecule has 0 aliphatic carbocycles. The van der Waals surface area contributed by atoms with Crippen molar-refractivity contribution in [3.63, 3.8) is 0 Å². The van der Waals surface area contributed by atoms with Gasteiger partial charge in [0, 0.05) is 77.2 Å². The lowest BCUT2D eigenvalue weighted by atomic mass is 10.1. The van der Waals surface area contributed by atoms with Gasteiger partial charge in [0.05, 0.1) is 24.9 Å². The highest BCUT2D eigenvalue weighted by Crippen LogP contribution is 2.29. The predicted molar refractivity (Wildman–Crippen MR) is 150 cm³/mol. The zero-order valence-electron chi connectivity index (χ0n) is 21.9. The molecule has 1 aromatic carbocycles. The van der Waals surface area contributed by atoms with Gasteiger partial charge in [-0.15, -0.1) is 5.10 Å². The molecule has 2 fully saturated rings. The summed E-state index contributed by atoms with van der Waals surface area (Å²) >= 11 is 0. The molecule has 2 aliphatic rings. The number of hydrogen-bond donors (Lipinski definition) is 1. The van der Waals surface area contributed by atoms with Crippen LogP contribution in [0.4, 0.5) is 5.82 Å². The molecule has 0 saturated carbocycles. The summed E-state index contributed by atoms with van der Waals surface area (Å²) in [5, 5.41) is 13.1. The molecule has 0 bridgehead atoms. The highest BCUT2D eigenvalue weighted by Gasteiger charge is 2.24. The van der Waals surface area contributed by atoms with E-state index in [-0.39, 0.29) is 26.0 Å². The number of rotatable bonds is 8. The summed E-state index contributed by atoms with van der Waals surface area (Å²) in [6.07, 6.45) is 5.65. The van der Waals surface area contributed by atoms with E-state index < -0.39 is 0 Å². The maximum absolute atomic E-state index is 12.5. The number of piperazine rings is 1. The zero-order valence-corrected chi connectivity index (χ0v) is 21.9. The summed E-state index contributed by atoms with van der Waals surface area (Å²) in [6.45, 7) is 10.00. The van der Waals surface area contributed by atoms with E-state index in [1.54, 1.807) is 0 Å². The molecule has 11 heteroatoms. The first-order valence-electron chi connectivity index (χ1n) is 13.4. The largest absolute Gasteiger partial charge is 0.378 e. The minimum Gasteiger partial charge on any atom is -0.378 e. The Labute approximate surface area is 227 Å². The fraction of sp³-hybridized carbons (Fsp3) is 0.393. The van der Waals surface area contributed by atoms with Crippen molar-refractivity contribution in [2.75, 3.05) is 57.4 Å². The predicted octanol–water partition coefficient (Wildman–Crippen LogP) is 2.53. The second-order valence-corrected chi connectivity index (χ2v) is 10.0. The molecule has 2 aliphatic heterocycles. The number of aromatic nitrogens is 5.